The molecule has 0 saturated carbocycles. The molecule has 2 aromatic carbocycles. The van der Waals surface area contributed by atoms with E-state index >= 15 is 0 Å². The predicted molar refractivity (Wildman–Crippen MR) is 161 cm³/mol. The van der Waals surface area contributed by atoms with E-state index in [-0.39, 0.29) is 17.5 Å². The monoisotopic (exact) mass is 526 g/mol. The molecule has 1 N–H and O–H groups in total. The van der Waals surface area contributed by atoms with Crippen LogP contribution >= 0.6 is 0 Å². The molecule has 2 unspecified atom stereocenters. The summed E-state index contributed by atoms with van der Waals surface area (Å²) in [5.41, 5.74) is 1.73. The highest BCUT2D eigenvalue weighted by atomic mass is 16.5. The lowest BCUT2D eigenvalue weighted by molar-refractivity contribution is 0.00104. The zero-order valence-corrected chi connectivity index (χ0v) is 23.7. The van der Waals surface area contributed by atoms with Gasteiger partial charge < -0.3 is 4.74 Å². The van der Waals surface area contributed by atoms with Crippen LogP contribution in [0.15, 0.2) is 118 Å². The van der Waals surface area contributed by atoms with E-state index in [1.54, 1.807) is 10.8 Å². The molecule has 0 radical (unpaired) electrons. The van der Waals surface area contributed by atoms with Crippen molar-refractivity contribution in [3.8, 4) is 0 Å². The lowest BCUT2D eigenvalue weighted by Gasteiger charge is -2.37. The average Bonchev–Trinajstić information content (AvgIpc) is 2.95. The van der Waals surface area contributed by atoms with E-state index in [9.17, 15) is 9.59 Å². The number of aromatic nitrogens is 2. The normalized spacial score (nSPS) is 14.2. The standard InChI is InChI=1S/C34H42N2O3/c1-5-8-17-28(15-6-2)34(29-18-11-9-12-19-29,30-20-13-10-14-21-30)39-26-27(4)22-23-31(16-7-3)36-25-24-32(37)35-33(36)38/h8-15,17-25,27,31H,5-7,16,26H2,1-4H3,(H,35,37,38)/b17-8-,23-22-,28-15+. The molecule has 0 aliphatic carbocycles. The van der Waals surface area contributed by atoms with Crippen LogP contribution in [0.4, 0.5) is 0 Å². The van der Waals surface area contributed by atoms with Crippen molar-refractivity contribution in [3.05, 3.63) is 141 Å². The van der Waals surface area contributed by atoms with Crippen LogP contribution in [0.5, 0.6) is 0 Å². The molecule has 2 atom stereocenters. The number of nitrogens with one attached hydrogen (secondary N) is 1. The summed E-state index contributed by atoms with van der Waals surface area (Å²) in [6.07, 6.45) is 15.9. The smallest absolute Gasteiger partial charge is 0.328 e. The third kappa shape index (κ3) is 7.67. The van der Waals surface area contributed by atoms with Crippen LogP contribution in [0.25, 0.3) is 0 Å². The van der Waals surface area contributed by atoms with Gasteiger partial charge in [-0.25, -0.2) is 4.79 Å². The molecule has 5 nitrogen and oxygen atoms in total. The SMILES string of the molecule is CC/C=C\C(=C/CC)C(OCC(C)/C=C\C(CCC)n1ccc(=O)[nH]c1=O)(c1ccccc1)c1ccccc1. The lowest BCUT2D eigenvalue weighted by atomic mass is 9.78. The minimum Gasteiger partial charge on any atom is -0.360 e. The number of aromatic amines is 1. The first kappa shape index (κ1) is 29.9. The van der Waals surface area contributed by atoms with E-state index in [0.717, 1.165) is 42.4 Å². The number of rotatable bonds is 14. The van der Waals surface area contributed by atoms with Gasteiger partial charge in [-0.2, -0.15) is 0 Å². The van der Waals surface area contributed by atoms with Crippen molar-refractivity contribution in [2.24, 2.45) is 5.92 Å². The summed E-state index contributed by atoms with van der Waals surface area (Å²) in [6, 6.07) is 22.1. The van der Waals surface area contributed by atoms with Gasteiger partial charge in [0.05, 0.1) is 12.6 Å². The van der Waals surface area contributed by atoms with Gasteiger partial charge >= 0.3 is 5.69 Å². The molecule has 3 rings (SSSR count). The van der Waals surface area contributed by atoms with E-state index < -0.39 is 11.3 Å². The fourth-order valence-corrected chi connectivity index (χ4v) is 4.83. The second kappa shape index (κ2) is 15.0. The summed E-state index contributed by atoms with van der Waals surface area (Å²) in [5.74, 6) is 0.0765. The lowest BCUT2D eigenvalue weighted by Crippen LogP contribution is -2.35. The van der Waals surface area contributed by atoms with Crippen LogP contribution in [-0.2, 0) is 10.3 Å². The molecule has 0 aliphatic rings. The third-order valence-corrected chi connectivity index (χ3v) is 6.74. The number of ether oxygens (including phenoxy) is 1. The van der Waals surface area contributed by atoms with Gasteiger partial charge in [-0.15, -0.1) is 0 Å². The molecule has 1 aromatic heterocycles. The van der Waals surface area contributed by atoms with Crippen molar-refractivity contribution in [1.82, 2.24) is 9.55 Å². The molecule has 0 amide bonds. The Balaban J connectivity index is 2.00. The highest BCUT2D eigenvalue weighted by Crippen LogP contribution is 2.42. The zero-order valence-electron chi connectivity index (χ0n) is 23.7. The van der Waals surface area contributed by atoms with E-state index in [4.69, 9.17) is 4.74 Å². The topological polar surface area (TPSA) is 64.1 Å². The first-order valence-electron chi connectivity index (χ1n) is 14.1. The van der Waals surface area contributed by atoms with Gasteiger partial charge in [0.25, 0.3) is 5.56 Å². The number of nitrogens with zero attached hydrogens (tertiary/aromatic N) is 1. The Hall–Kier alpha value is -3.70. The maximum absolute atomic E-state index is 12.4. The van der Waals surface area contributed by atoms with Crippen molar-refractivity contribution >= 4 is 0 Å². The Bertz CT molecular complexity index is 1310. The Kier molecular flexibility index (Phi) is 11.5. The van der Waals surface area contributed by atoms with Crippen molar-refractivity contribution < 1.29 is 4.74 Å². The Morgan fingerprint density at radius 1 is 0.923 bits per heavy atom. The van der Waals surface area contributed by atoms with Crippen LogP contribution in [-0.4, -0.2) is 16.2 Å². The number of hydrogen-bond acceptors (Lipinski definition) is 3. The maximum Gasteiger partial charge on any atom is 0.328 e. The van der Waals surface area contributed by atoms with Gasteiger partial charge in [0.15, 0.2) is 0 Å². The minimum absolute atomic E-state index is 0.0765. The molecule has 0 spiro atoms. The maximum atomic E-state index is 12.4. The Morgan fingerprint density at radius 3 is 2.10 bits per heavy atom. The second-order valence-electron chi connectivity index (χ2n) is 9.84. The summed E-state index contributed by atoms with van der Waals surface area (Å²) in [7, 11) is 0. The molecule has 0 saturated heterocycles. The van der Waals surface area contributed by atoms with Crippen LogP contribution < -0.4 is 11.2 Å². The van der Waals surface area contributed by atoms with Crippen molar-refractivity contribution in [1.29, 1.82) is 0 Å². The number of hydrogen-bond donors (Lipinski definition) is 1. The molecule has 1 heterocycles. The molecular weight excluding hydrogens is 484 g/mol. The van der Waals surface area contributed by atoms with Crippen molar-refractivity contribution in [2.45, 2.75) is 65.0 Å². The second-order valence-corrected chi connectivity index (χ2v) is 9.84. The molecule has 3 aromatic rings. The highest BCUT2D eigenvalue weighted by Gasteiger charge is 2.38. The summed E-state index contributed by atoms with van der Waals surface area (Å²) in [5, 5.41) is 0. The van der Waals surface area contributed by atoms with Crippen molar-refractivity contribution in [3.63, 3.8) is 0 Å². The molecular formula is C34H42N2O3. The highest BCUT2D eigenvalue weighted by molar-refractivity contribution is 5.49. The molecule has 5 heteroatoms. The van der Waals surface area contributed by atoms with Gasteiger partial charge in [0, 0.05) is 12.3 Å². The van der Waals surface area contributed by atoms with E-state index in [1.807, 2.05) is 12.1 Å². The molecule has 0 fully saturated rings. The summed E-state index contributed by atoms with van der Waals surface area (Å²) in [4.78, 5) is 26.4. The Morgan fingerprint density at radius 2 is 1.56 bits per heavy atom. The largest absolute Gasteiger partial charge is 0.360 e. The first-order valence-corrected chi connectivity index (χ1v) is 14.1. The summed E-state index contributed by atoms with van der Waals surface area (Å²) < 4.78 is 8.61. The van der Waals surface area contributed by atoms with Gasteiger partial charge in [0.2, 0.25) is 0 Å². The molecule has 0 bridgehead atoms. The molecule has 206 valence electrons. The summed E-state index contributed by atoms with van der Waals surface area (Å²) >= 11 is 0. The van der Waals surface area contributed by atoms with E-state index in [0.29, 0.717) is 6.61 Å². The van der Waals surface area contributed by atoms with Crippen LogP contribution in [0, 0.1) is 5.92 Å². The van der Waals surface area contributed by atoms with Crippen LogP contribution in [0.3, 0.4) is 0 Å². The number of benzene rings is 2. The van der Waals surface area contributed by atoms with Gasteiger partial charge in [0.1, 0.15) is 5.60 Å². The molecule has 39 heavy (non-hydrogen) atoms. The number of H-pyrrole nitrogens is 1. The van der Waals surface area contributed by atoms with Crippen LogP contribution in [0.2, 0.25) is 0 Å². The fourth-order valence-electron chi connectivity index (χ4n) is 4.83. The van der Waals surface area contributed by atoms with Crippen molar-refractivity contribution in [2.75, 3.05) is 6.61 Å². The molecule has 0 aliphatic heterocycles. The quantitative estimate of drug-likeness (QED) is 0.177. The Labute approximate surface area is 232 Å². The zero-order chi connectivity index (χ0) is 28.1. The van der Waals surface area contributed by atoms with Crippen LogP contribution in [0.1, 0.15) is 70.5 Å². The van der Waals surface area contributed by atoms with Gasteiger partial charge in [-0.05, 0) is 41.9 Å². The third-order valence-electron chi connectivity index (χ3n) is 6.74. The first-order chi connectivity index (χ1) is 19.0. The van der Waals surface area contributed by atoms with E-state index in [2.05, 4.69) is 112 Å². The predicted octanol–water partition coefficient (Wildman–Crippen LogP) is 7.33. The number of allylic oxidation sites excluding steroid dienone is 3. The summed E-state index contributed by atoms with van der Waals surface area (Å²) in [6.45, 7) is 8.98. The minimum atomic E-state index is -0.773. The van der Waals surface area contributed by atoms with Gasteiger partial charge in [-0.3, -0.25) is 14.3 Å². The van der Waals surface area contributed by atoms with E-state index in [1.165, 1.54) is 6.07 Å². The fraction of sp³-hybridized carbons (Fsp3) is 0.353. The van der Waals surface area contributed by atoms with Gasteiger partial charge in [-0.1, -0.05) is 125 Å². The average molecular weight is 527 g/mol.